The molecule has 21 heavy (non-hydrogen) atoms. The zero-order valence-corrected chi connectivity index (χ0v) is 12.5. The Morgan fingerprint density at radius 1 is 1.19 bits per heavy atom. The second kappa shape index (κ2) is 8.26. The van der Waals surface area contributed by atoms with Gasteiger partial charge >= 0.3 is 0 Å². The Labute approximate surface area is 124 Å². The van der Waals surface area contributed by atoms with Gasteiger partial charge in [-0.25, -0.2) is 0 Å². The lowest BCUT2D eigenvalue weighted by molar-refractivity contribution is -0.124. The molecule has 1 unspecified atom stereocenters. The van der Waals surface area contributed by atoms with Crippen LogP contribution in [0.5, 0.6) is 11.5 Å². The smallest absolute Gasteiger partial charge is 0.220 e. The van der Waals surface area contributed by atoms with Crippen LogP contribution in [0.1, 0.15) is 31.4 Å². The molecule has 0 aliphatic carbocycles. The van der Waals surface area contributed by atoms with E-state index in [1.807, 2.05) is 0 Å². The first kappa shape index (κ1) is 17.0. The Bertz CT molecular complexity index is 501. The van der Waals surface area contributed by atoms with Crippen LogP contribution in [-0.2, 0) is 9.59 Å². The van der Waals surface area contributed by atoms with Gasteiger partial charge < -0.3 is 24.7 Å². The zero-order chi connectivity index (χ0) is 15.8. The highest BCUT2D eigenvalue weighted by Crippen LogP contribution is 2.29. The topological polar surface area (TPSA) is 84.9 Å². The van der Waals surface area contributed by atoms with Gasteiger partial charge in [-0.2, -0.15) is 0 Å². The van der Waals surface area contributed by atoms with Crippen LogP contribution in [0.25, 0.3) is 0 Å². The van der Waals surface area contributed by atoms with Gasteiger partial charge in [0.1, 0.15) is 5.78 Å². The molecule has 2 N–H and O–H groups in total. The molecule has 116 valence electrons. The Hall–Kier alpha value is -2.08. The van der Waals surface area contributed by atoms with E-state index < -0.39 is 6.10 Å². The van der Waals surface area contributed by atoms with Gasteiger partial charge in [-0.05, 0) is 24.6 Å². The highest BCUT2D eigenvalue weighted by atomic mass is 16.5. The van der Waals surface area contributed by atoms with Gasteiger partial charge in [0.25, 0.3) is 0 Å². The highest BCUT2D eigenvalue weighted by molar-refractivity contribution is 5.83. The summed E-state index contributed by atoms with van der Waals surface area (Å²) in [5.41, 5.74) is 0.611. The molecule has 0 spiro atoms. The highest BCUT2D eigenvalue weighted by Gasteiger charge is 2.13. The van der Waals surface area contributed by atoms with E-state index in [-0.39, 0.29) is 31.1 Å². The number of Topliss-reactive ketones (excluding diaryl/α,β-unsaturated/α-hetero) is 1. The quantitative estimate of drug-likeness (QED) is 0.753. The number of nitrogens with one attached hydrogen (secondary N) is 1. The number of rotatable bonds is 8. The lowest BCUT2D eigenvalue weighted by Crippen LogP contribution is -2.28. The summed E-state index contributed by atoms with van der Waals surface area (Å²) < 4.78 is 10.3. The molecule has 0 aliphatic rings. The van der Waals surface area contributed by atoms with Crippen LogP contribution in [0.15, 0.2) is 18.2 Å². The average molecular weight is 295 g/mol. The maximum Gasteiger partial charge on any atom is 0.220 e. The third-order valence-corrected chi connectivity index (χ3v) is 2.99. The lowest BCUT2D eigenvalue weighted by Gasteiger charge is -2.14. The number of carbonyl (C=O) groups is 2. The normalized spacial score (nSPS) is 11.6. The third-order valence-electron chi connectivity index (χ3n) is 2.99. The van der Waals surface area contributed by atoms with Gasteiger partial charge in [-0.1, -0.05) is 6.07 Å². The predicted molar refractivity (Wildman–Crippen MR) is 77.4 cm³/mol. The van der Waals surface area contributed by atoms with Crippen LogP contribution in [-0.4, -0.2) is 37.6 Å². The number of amides is 1. The van der Waals surface area contributed by atoms with Gasteiger partial charge in [0.2, 0.25) is 5.91 Å². The Balaban J connectivity index is 2.57. The van der Waals surface area contributed by atoms with Crippen molar-refractivity contribution in [1.29, 1.82) is 0 Å². The van der Waals surface area contributed by atoms with E-state index in [2.05, 4.69) is 5.32 Å². The summed E-state index contributed by atoms with van der Waals surface area (Å²) in [4.78, 5) is 22.3. The molecule has 0 aromatic heterocycles. The molecule has 0 bridgehead atoms. The Morgan fingerprint density at radius 2 is 1.86 bits per heavy atom. The summed E-state index contributed by atoms with van der Waals surface area (Å²) in [6.07, 6.45) is -0.516. The summed E-state index contributed by atoms with van der Waals surface area (Å²) in [5.74, 6) is 0.784. The average Bonchev–Trinajstić information content (AvgIpc) is 2.49. The second-order valence-corrected chi connectivity index (χ2v) is 4.64. The van der Waals surface area contributed by atoms with Crippen molar-refractivity contribution >= 4 is 11.7 Å². The molecule has 0 heterocycles. The van der Waals surface area contributed by atoms with E-state index in [1.165, 1.54) is 21.1 Å². The van der Waals surface area contributed by atoms with Gasteiger partial charge in [-0.3, -0.25) is 4.79 Å². The summed E-state index contributed by atoms with van der Waals surface area (Å²) in [6.45, 7) is 1.51. The number of ketones is 1. The molecule has 1 aromatic carbocycles. The number of methoxy groups -OCH3 is 2. The van der Waals surface area contributed by atoms with Gasteiger partial charge in [0.15, 0.2) is 11.5 Å². The predicted octanol–water partition coefficient (Wildman–Crippen LogP) is 1.22. The van der Waals surface area contributed by atoms with Gasteiger partial charge in [0, 0.05) is 19.4 Å². The van der Waals surface area contributed by atoms with E-state index >= 15 is 0 Å². The SMILES string of the molecule is COc1ccc(C(O)CNC(=O)CCC(C)=O)cc1OC. The second-order valence-electron chi connectivity index (χ2n) is 4.64. The molecular weight excluding hydrogens is 274 g/mol. The maximum atomic E-state index is 11.5. The number of carbonyl (C=O) groups excluding carboxylic acids is 2. The first-order valence-electron chi connectivity index (χ1n) is 6.64. The van der Waals surface area contributed by atoms with Crippen LogP contribution < -0.4 is 14.8 Å². The van der Waals surface area contributed by atoms with Crippen LogP contribution >= 0.6 is 0 Å². The van der Waals surface area contributed by atoms with Gasteiger partial charge in [0.05, 0.1) is 20.3 Å². The first-order chi connectivity index (χ1) is 9.97. The minimum Gasteiger partial charge on any atom is -0.493 e. The van der Waals surface area contributed by atoms with Crippen molar-refractivity contribution in [2.75, 3.05) is 20.8 Å². The minimum absolute atomic E-state index is 0.0365. The zero-order valence-electron chi connectivity index (χ0n) is 12.5. The largest absolute Gasteiger partial charge is 0.493 e. The standard InChI is InChI=1S/C15H21NO5/c1-10(17)4-7-15(19)16-9-12(18)11-5-6-13(20-2)14(8-11)21-3/h5-6,8,12,18H,4,7,9H2,1-3H3,(H,16,19). The summed E-state index contributed by atoms with van der Waals surface area (Å²) in [7, 11) is 3.04. The lowest BCUT2D eigenvalue weighted by atomic mass is 10.1. The molecule has 0 aliphatic heterocycles. The number of hydrogen-bond donors (Lipinski definition) is 2. The van der Waals surface area contributed by atoms with E-state index in [1.54, 1.807) is 18.2 Å². The third kappa shape index (κ3) is 5.43. The maximum absolute atomic E-state index is 11.5. The molecule has 0 saturated heterocycles. The molecule has 6 heteroatoms. The van der Waals surface area contributed by atoms with E-state index in [0.717, 1.165) is 0 Å². The van der Waals surface area contributed by atoms with Crippen molar-refractivity contribution in [3.63, 3.8) is 0 Å². The molecule has 1 amide bonds. The number of ether oxygens (including phenoxy) is 2. The molecule has 6 nitrogen and oxygen atoms in total. The monoisotopic (exact) mass is 295 g/mol. The van der Waals surface area contributed by atoms with Crippen molar-refractivity contribution in [2.45, 2.75) is 25.9 Å². The summed E-state index contributed by atoms with van der Waals surface area (Å²) in [5, 5.41) is 12.6. The van der Waals surface area contributed by atoms with Crippen molar-refractivity contribution in [3.8, 4) is 11.5 Å². The summed E-state index contributed by atoms with van der Waals surface area (Å²) >= 11 is 0. The number of aliphatic hydroxyl groups is 1. The van der Waals surface area contributed by atoms with Crippen LogP contribution in [0.4, 0.5) is 0 Å². The molecule has 0 saturated carbocycles. The molecule has 1 atom stereocenters. The Morgan fingerprint density at radius 3 is 2.43 bits per heavy atom. The fraction of sp³-hybridized carbons (Fsp3) is 0.467. The van der Waals surface area contributed by atoms with Crippen molar-refractivity contribution < 1.29 is 24.2 Å². The van der Waals surface area contributed by atoms with E-state index in [4.69, 9.17) is 9.47 Å². The van der Waals surface area contributed by atoms with Crippen LogP contribution in [0.2, 0.25) is 0 Å². The number of benzene rings is 1. The Kier molecular flexibility index (Phi) is 6.68. The van der Waals surface area contributed by atoms with E-state index in [9.17, 15) is 14.7 Å². The van der Waals surface area contributed by atoms with Crippen LogP contribution in [0.3, 0.4) is 0 Å². The molecule has 0 radical (unpaired) electrons. The van der Waals surface area contributed by atoms with Crippen molar-refractivity contribution in [3.05, 3.63) is 23.8 Å². The summed E-state index contributed by atoms with van der Waals surface area (Å²) in [6, 6.07) is 5.05. The molecule has 1 aromatic rings. The fourth-order valence-corrected chi connectivity index (χ4v) is 1.77. The van der Waals surface area contributed by atoms with Crippen molar-refractivity contribution in [1.82, 2.24) is 5.32 Å². The molecule has 0 fully saturated rings. The fourth-order valence-electron chi connectivity index (χ4n) is 1.77. The van der Waals surface area contributed by atoms with E-state index in [0.29, 0.717) is 17.1 Å². The number of aliphatic hydroxyl groups excluding tert-OH is 1. The van der Waals surface area contributed by atoms with Crippen molar-refractivity contribution in [2.24, 2.45) is 0 Å². The number of hydrogen-bond acceptors (Lipinski definition) is 5. The molecular formula is C15H21NO5. The first-order valence-corrected chi connectivity index (χ1v) is 6.64. The van der Waals surface area contributed by atoms with Gasteiger partial charge in [-0.15, -0.1) is 0 Å². The van der Waals surface area contributed by atoms with Crippen LogP contribution in [0, 0.1) is 0 Å². The molecule has 1 rings (SSSR count). The minimum atomic E-state index is -0.855.